The Balaban J connectivity index is 2.30. The zero-order valence-corrected chi connectivity index (χ0v) is 13.1. The average Bonchev–Trinajstić information content (AvgIpc) is 2.61. The van der Waals surface area contributed by atoms with E-state index in [9.17, 15) is 4.79 Å². The number of nitrogens with zero attached hydrogens (tertiary/aromatic N) is 3. The minimum Gasteiger partial charge on any atom is -0.368 e. The fraction of sp³-hybridized carbons (Fsp3) is 0.667. The van der Waals surface area contributed by atoms with Gasteiger partial charge in [0, 0.05) is 25.4 Å². The molecular weight excluding hydrogens is 314 g/mol. The van der Waals surface area contributed by atoms with Crippen LogP contribution in [0.1, 0.15) is 19.3 Å². The predicted octanol–water partition coefficient (Wildman–Crippen LogP) is 2.26. The van der Waals surface area contributed by atoms with Crippen molar-refractivity contribution in [3.8, 4) is 0 Å². The van der Waals surface area contributed by atoms with Crippen LogP contribution < -0.4 is 10.5 Å². The van der Waals surface area contributed by atoms with E-state index in [2.05, 4.69) is 32.2 Å². The van der Waals surface area contributed by atoms with Crippen molar-refractivity contribution in [1.82, 2.24) is 9.78 Å². The van der Waals surface area contributed by atoms with Crippen molar-refractivity contribution in [3.05, 3.63) is 21.0 Å². The number of aryl methyl sites for hydroxylation is 1. The summed E-state index contributed by atoms with van der Waals surface area (Å²) in [6.07, 6.45) is 7.64. The molecule has 1 aliphatic heterocycles. The molecule has 100 valence electrons. The predicted molar refractivity (Wildman–Crippen MR) is 80.5 cm³/mol. The van der Waals surface area contributed by atoms with Gasteiger partial charge < -0.3 is 4.90 Å². The zero-order chi connectivity index (χ0) is 13.1. The fourth-order valence-electron chi connectivity index (χ4n) is 2.24. The van der Waals surface area contributed by atoms with Crippen LogP contribution in [-0.4, -0.2) is 34.4 Å². The molecule has 1 aromatic heterocycles. The molecule has 0 spiro atoms. The molecule has 2 heterocycles. The van der Waals surface area contributed by atoms with Gasteiger partial charge in [-0.25, -0.2) is 4.68 Å². The number of anilines is 1. The van der Waals surface area contributed by atoms with Gasteiger partial charge in [-0.1, -0.05) is 6.42 Å². The number of hydrogen-bond acceptors (Lipinski definition) is 4. The van der Waals surface area contributed by atoms with E-state index in [1.165, 1.54) is 23.9 Å². The van der Waals surface area contributed by atoms with E-state index in [1.807, 2.05) is 11.8 Å². The number of halogens is 1. The molecule has 1 fully saturated rings. The van der Waals surface area contributed by atoms with Crippen LogP contribution >= 0.6 is 27.7 Å². The van der Waals surface area contributed by atoms with Crippen LogP contribution in [0.4, 0.5) is 5.69 Å². The highest BCUT2D eigenvalue weighted by Gasteiger charge is 2.20. The van der Waals surface area contributed by atoms with Gasteiger partial charge >= 0.3 is 0 Å². The molecule has 0 N–H and O–H groups in total. The van der Waals surface area contributed by atoms with Crippen molar-refractivity contribution in [2.24, 2.45) is 7.05 Å². The lowest BCUT2D eigenvalue weighted by molar-refractivity contribution is 0.692. The first kappa shape index (κ1) is 13.9. The van der Waals surface area contributed by atoms with Gasteiger partial charge in [-0.2, -0.15) is 16.9 Å². The molecule has 6 heteroatoms. The van der Waals surface area contributed by atoms with Crippen molar-refractivity contribution in [1.29, 1.82) is 0 Å². The Kier molecular flexibility index (Phi) is 4.72. The zero-order valence-electron chi connectivity index (χ0n) is 10.7. The summed E-state index contributed by atoms with van der Waals surface area (Å²) in [5, 5.41) is 4.76. The SMILES string of the molecule is CSC1CCCCN(c2cnn(C)c(=O)c2Br)C1. The van der Waals surface area contributed by atoms with Gasteiger partial charge in [0.25, 0.3) is 5.56 Å². The van der Waals surface area contributed by atoms with Gasteiger partial charge in [-0.05, 0) is 35.0 Å². The summed E-state index contributed by atoms with van der Waals surface area (Å²) in [5.74, 6) is 0. The first-order chi connectivity index (χ1) is 8.63. The first-order valence-electron chi connectivity index (χ1n) is 6.13. The quantitative estimate of drug-likeness (QED) is 0.833. The third-order valence-corrected chi connectivity index (χ3v) is 5.16. The molecule has 4 nitrogen and oxygen atoms in total. The van der Waals surface area contributed by atoms with Crippen LogP contribution in [0.2, 0.25) is 0 Å². The minimum atomic E-state index is -0.0718. The van der Waals surface area contributed by atoms with Crippen LogP contribution in [-0.2, 0) is 7.05 Å². The van der Waals surface area contributed by atoms with Gasteiger partial charge in [0.05, 0.1) is 11.9 Å². The lowest BCUT2D eigenvalue weighted by Gasteiger charge is -2.26. The standard InChI is InChI=1S/C12H18BrN3OS/c1-15-12(17)11(13)10(7-14-15)16-6-4-3-5-9(8-16)18-2/h7,9H,3-6,8H2,1-2H3. The van der Waals surface area contributed by atoms with Gasteiger partial charge in [0.1, 0.15) is 4.47 Å². The van der Waals surface area contributed by atoms with E-state index < -0.39 is 0 Å². The third-order valence-electron chi connectivity index (χ3n) is 3.36. The summed E-state index contributed by atoms with van der Waals surface area (Å²) in [6, 6.07) is 0. The van der Waals surface area contributed by atoms with Crippen molar-refractivity contribution < 1.29 is 0 Å². The molecule has 2 rings (SSSR count). The monoisotopic (exact) mass is 331 g/mol. The second kappa shape index (κ2) is 6.10. The van der Waals surface area contributed by atoms with Crippen LogP contribution in [0, 0.1) is 0 Å². The van der Waals surface area contributed by atoms with Crippen LogP contribution in [0.25, 0.3) is 0 Å². The Hall–Kier alpha value is -0.490. The van der Waals surface area contributed by atoms with Crippen molar-refractivity contribution in [2.45, 2.75) is 24.5 Å². The summed E-state index contributed by atoms with van der Waals surface area (Å²) >= 11 is 5.32. The molecule has 18 heavy (non-hydrogen) atoms. The Morgan fingerprint density at radius 1 is 1.50 bits per heavy atom. The summed E-state index contributed by atoms with van der Waals surface area (Å²) in [4.78, 5) is 14.2. The van der Waals surface area contributed by atoms with Crippen LogP contribution in [0.15, 0.2) is 15.5 Å². The number of rotatable bonds is 2. The van der Waals surface area contributed by atoms with Crippen molar-refractivity contribution >= 4 is 33.4 Å². The van der Waals surface area contributed by atoms with Crippen molar-refractivity contribution in [3.63, 3.8) is 0 Å². The highest BCUT2D eigenvalue weighted by atomic mass is 79.9. The maximum Gasteiger partial charge on any atom is 0.282 e. The van der Waals surface area contributed by atoms with E-state index in [4.69, 9.17) is 0 Å². The Morgan fingerprint density at radius 2 is 2.28 bits per heavy atom. The molecule has 0 saturated carbocycles. The number of aromatic nitrogens is 2. The smallest absolute Gasteiger partial charge is 0.282 e. The normalized spacial score (nSPS) is 20.8. The topological polar surface area (TPSA) is 38.1 Å². The first-order valence-corrected chi connectivity index (χ1v) is 8.21. The lowest BCUT2D eigenvalue weighted by atomic mass is 10.2. The summed E-state index contributed by atoms with van der Waals surface area (Å²) in [7, 11) is 1.67. The lowest BCUT2D eigenvalue weighted by Crippen LogP contribution is -2.32. The van der Waals surface area contributed by atoms with E-state index in [1.54, 1.807) is 13.2 Å². The Morgan fingerprint density at radius 3 is 3.00 bits per heavy atom. The number of thioether (sulfide) groups is 1. The highest BCUT2D eigenvalue weighted by Crippen LogP contribution is 2.27. The molecule has 1 atom stereocenters. The molecule has 1 aromatic rings. The molecule has 0 radical (unpaired) electrons. The van der Waals surface area contributed by atoms with E-state index in [-0.39, 0.29) is 5.56 Å². The van der Waals surface area contributed by atoms with Crippen molar-refractivity contribution in [2.75, 3.05) is 24.2 Å². The van der Waals surface area contributed by atoms with E-state index in [0.717, 1.165) is 18.8 Å². The largest absolute Gasteiger partial charge is 0.368 e. The van der Waals surface area contributed by atoms with Gasteiger partial charge in [0.2, 0.25) is 0 Å². The summed E-state index contributed by atoms with van der Waals surface area (Å²) in [5.41, 5.74) is 0.858. The van der Waals surface area contributed by atoms with Crippen LogP contribution in [0.5, 0.6) is 0 Å². The molecular formula is C12H18BrN3OS. The molecule has 0 aromatic carbocycles. The van der Waals surface area contributed by atoms with E-state index in [0.29, 0.717) is 9.72 Å². The number of hydrogen-bond donors (Lipinski definition) is 0. The molecule has 0 bridgehead atoms. The average molecular weight is 332 g/mol. The molecule has 1 unspecified atom stereocenters. The Bertz CT molecular complexity index is 477. The van der Waals surface area contributed by atoms with E-state index >= 15 is 0 Å². The Labute approximate surface area is 120 Å². The maximum absolute atomic E-state index is 11.9. The minimum absolute atomic E-state index is 0.0718. The third kappa shape index (κ3) is 2.91. The van der Waals surface area contributed by atoms with Crippen LogP contribution in [0.3, 0.4) is 0 Å². The molecule has 1 aliphatic rings. The highest BCUT2D eigenvalue weighted by molar-refractivity contribution is 9.10. The summed E-state index contributed by atoms with van der Waals surface area (Å²) < 4.78 is 1.99. The molecule has 0 aliphatic carbocycles. The fourth-order valence-corrected chi connectivity index (χ4v) is 3.58. The molecule has 0 amide bonds. The van der Waals surface area contributed by atoms with Gasteiger partial charge in [-0.15, -0.1) is 0 Å². The van der Waals surface area contributed by atoms with Gasteiger partial charge in [0.15, 0.2) is 0 Å². The second-order valence-corrected chi connectivity index (χ2v) is 6.50. The summed E-state index contributed by atoms with van der Waals surface area (Å²) in [6.45, 7) is 2.00. The van der Waals surface area contributed by atoms with Gasteiger partial charge in [-0.3, -0.25) is 4.79 Å². The molecule has 1 saturated heterocycles. The maximum atomic E-state index is 11.9. The second-order valence-electron chi connectivity index (χ2n) is 4.57.